The molecule has 3 atom stereocenters. The zero-order chi connectivity index (χ0) is 15.4. The van der Waals surface area contributed by atoms with Gasteiger partial charge in [0.15, 0.2) is 5.13 Å². The highest BCUT2D eigenvalue weighted by molar-refractivity contribution is 7.24. The largest absolute Gasteiger partial charge is 0.368 e. The first-order valence-electron chi connectivity index (χ1n) is 7.85. The molecule has 3 heterocycles. The van der Waals surface area contributed by atoms with Gasteiger partial charge < -0.3 is 4.74 Å². The summed E-state index contributed by atoms with van der Waals surface area (Å²) in [6.45, 7) is 0.724. The Morgan fingerprint density at radius 3 is 3.26 bits per heavy atom. The molecule has 0 spiro atoms. The van der Waals surface area contributed by atoms with Crippen LogP contribution in [0.25, 0.3) is 20.4 Å². The number of fused-ring (bicyclic) bond motifs is 4. The summed E-state index contributed by atoms with van der Waals surface area (Å²) < 4.78 is 7.92. The Labute approximate surface area is 140 Å². The third-order valence-corrected chi connectivity index (χ3v) is 6.73. The zero-order valence-electron chi connectivity index (χ0n) is 12.3. The van der Waals surface area contributed by atoms with Gasteiger partial charge in [0.2, 0.25) is 0 Å². The second-order valence-corrected chi connectivity index (χ2v) is 8.12. The van der Waals surface area contributed by atoms with E-state index in [-0.39, 0.29) is 12.0 Å². The van der Waals surface area contributed by atoms with Crippen molar-refractivity contribution in [3.05, 3.63) is 17.6 Å². The number of hydrogen-bond acceptors (Lipinski definition) is 6. The molecule has 1 aliphatic carbocycles. The van der Waals surface area contributed by atoms with Crippen LogP contribution in [0.1, 0.15) is 19.3 Å². The van der Waals surface area contributed by atoms with Gasteiger partial charge in [-0.1, -0.05) is 17.8 Å². The number of anilines is 1. The number of benzene rings is 1. The van der Waals surface area contributed by atoms with Gasteiger partial charge >= 0.3 is 0 Å². The van der Waals surface area contributed by atoms with E-state index in [1.165, 1.54) is 24.2 Å². The monoisotopic (exact) mass is 345 g/mol. The molecular formula is C16H15N3O2S2. The molecular weight excluding hydrogens is 330 g/mol. The molecule has 23 heavy (non-hydrogen) atoms. The molecule has 1 aromatic carbocycles. The van der Waals surface area contributed by atoms with E-state index in [1.807, 2.05) is 17.6 Å². The number of nitrogens with one attached hydrogen (secondary N) is 1. The molecule has 2 aromatic heterocycles. The third-order valence-electron chi connectivity index (χ3n) is 4.94. The van der Waals surface area contributed by atoms with Crippen LogP contribution in [-0.2, 0) is 9.53 Å². The van der Waals surface area contributed by atoms with Gasteiger partial charge in [-0.15, -0.1) is 11.3 Å². The number of hydrogen-bond donors (Lipinski definition) is 1. The van der Waals surface area contributed by atoms with Crippen molar-refractivity contribution in [2.75, 3.05) is 11.9 Å². The number of carbonyl (C=O) groups excluding carboxylic acids is 1. The Balaban J connectivity index is 1.43. The predicted octanol–water partition coefficient (Wildman–Crippen LogP) is 3.66. The van der Waals surface area contributed by atoms with E-state index in [0.29, 0.717) is 17.0 Å². The Kier molecular flexibility index (Phi) is 3.14. The maximum Gasteiger partial charge on any atom is 0.255 e. The predicted molar refractivity (Wildman–Crippen MR) is 92.0 cm³/mol. The minimum Gasteiger partial charge on any atom is -0.368 e. The third kappa shape index (κ3) is 2.18. The van der Waals surface area contributed by atoms with E-state index < -0.39 is 0 Å². The standard InChI is InChI=1S/C16H15N3O2S2/c20-15(13-9-3-1-2-8(9)6-21-13)19-16-18-10-4-5-11-12(14(10)23-16)17-7-22-11/h4-5,7-9,13H,1-3,6H2,(H,18,19,20)/t8-,9-,13+/m0/s1. The Bertz CT molecular complexity index is 903. The molecule has 0 unspecified atom stereocenters. The van der Waals surface area contributed by atoms with Gasteiger partial charge in [0, 0.05) is 0 Å². The number of thiazole rings is 2. The van der Waals surface area contributed by atoms with Crippen LogP contribution in [0.15, 0.2) is 17.6 Å². The van der Waals surface area contributed by atoms with Crippen molar-refractivity contribution in [1.29, 1.82) is 0 Å². The summed E-state index contributed by atoms with van der Waals surface area (Å²) in [5, 5.41) is 3.60. The van der Waals surface area contributed by atoms with Crippen molar-refractivity contribution in [2.45, 2.75) is 25.4 Å². The average Bonchev–Trinajstić information content (AvgIpc) is 3.28. The molecule has 2 aliphatic rings. The average molecular weight is 345 g/mol. The lowest BCUT2D eigenvalue weighted by molar-refractivity contribution is -0.126. The lowest BCUT2D eigenvalue weighted by atomic mass is 9.94. The van der Waals surface area contributed by atoms with Gasteiger partial charge in [0.05, 0.1) is 27.0 Å². The highest BCUT2D eigenvalue weighted by Gasteiger charge is 2.43. The lowest BCUT2D eigenvalue weighted by Crippen LogP contribution is -2.32. The fourth-order valence-electron chi connectivity index (χ4n) is 3.84. The Morgan fingerprint density at radius 1 is 1.35 bits per heavy atom. The molecule has 7 heteroatoms. The van der Waals surface area contributed by atoms with Crippen molar-refractivity contribution in [3.8, 4) is 0 Å². The number of ether oxygens (including phenoxy) is 1. The van der Waals surface area contributed by atoms with Crippen LogP contribution in [0.3, 0.4) is 0 Å². The summed E-state index contributed by atoms with van der Waals surface area (Å²) in [6, 6.07) is 4.02. The quantitative estimate of drug-likeness (QED) is 0.770. The first-order valence-corrected chi connectivity index (χ1v) is 9.54. The molecule has 5 nitrogen and oxygen atoms in total. The van der Waals surface area contributed by atoms with Crippen LogP contribution >= 0.6 is 22.7 Å². The van der Waals surface area contributed by atoms with Crippen molar-refractivity contribution in [2.24, 2.45) is 11.8 Å². The molecule has 5 rings (SSSR count). The molecule has 1 saturated heterocycles. The van der Waals surface area contributed by atoms with Crippen LogP contribution < -0.4 is 5.32 Å². The first-order chi connectivity index (χ1) is 11.3. The van der Waals surface area contributed by atoms with Gasteiger partial charge in [-0.3, -0.25) is 10.1 Å². The van der Waals surface area contributed by atoms with Crippen molar-refractivity contribution < 1.29 is 9.53 Å². The molecule has 1 N–H and O–H groups in total. The fourth-order valence-corrected chi connectivity index (χ4v) is 5.55. The van der Waals surface area contributed by atoms with Gasteiger partial charge in [0.25, 0.3) is 5.91 Å². The van der Waals surface area contributed by atoms with Crippen molar-refractivity contribution in [1.82, 2.24) is 9.97 Å². The van der Waals surface area contributed by atoms with E-state index in [1.54, 1.807) is 11.3 Å². The second kappa shape index (κ2) is 5.22. The second-order valence-electron chi connectivity index (χ2n) is 6.23. The van der Waals surface area contributed by atoms with Crippen LogP contribution in [0.5, 0.6) is 0 Å². The van der Waals surface area contributed by atoms with E-state index in [2.05, 4.69) is 15.3 Å². The van der Waals surface area contributed by atoms with Gasteiger partial charge in [-0.25, -0.2) is 9.97 Å². The summed E-state index contributed by atoms with van der Waals surface area (Å²) in [5.41, 5.74) is 3.70. The smallest absolute Gasteiger partial charge is 0.255 e. The summed E-state index contributed by atoms with van der Waals surface area (Å²) in [5.74, 6) is 0.901. The lowest BCUT2D eigenvalue weighted by Gasteiger charge is -2.15. The topological polar surface area (TPSA) is 64.1 Å². The summed E-state index contributed by atoms with van der Waals surface area (Å²) >= 11 is 3.11. The summed E-state index contributed by atoms with van der Waals surface area (Å²) in [6.07, 6.45) is 3.19. The maximum absolute atomic E-state index is 12.6. The molecule has 0 bridgehead atoms. The highest BCUT2D eigenvalue weighted by Crippen LogP contribution is 2.41. The molecule has 2 fully saturated rings. The SMILES string of the molecule is O=C(Nc1nc2ccc3scnc3c2s1)[C@@H]1OC[C@@H]2CCC[C@@H]21. The molecule has 3 aromatic rings. The van der Waals surface area contributed by atoms with Gasteiger partial charge in [-0.2, -0.15) is 0 Å². The highest BCUT2D eigenvalue weighted by atomic mass is 32.1. The van der Waals surface area contributed by atoms with E-state index in [9.17, 15) is 4.79 Å². The van der Waals surface area contributed by atoms with Gasteiger partial charge in [-0.05, 0) is 36.8 Å². The van der Waals surface area contributed by atoms with Crippen molar-refractivity contribution >= 4 is 54.1 Å². The van der Waals surface area contributed by atoms with Crippen molar-refractivity contribution in [3.63, 3.8) is 0 Å². The summed E-state index contributed by atoms with van der Waals surface area (Å²) in [7, 11) is 0. The number of nitrogens with zero attached hydrogens (tertiary/aromatic N) is 2. The van der Waals surface area contributed by atoms with Crippen LogP contribution in [0, 0.1) is 11.8 Å². The van der Waals surface area contributed by atoms with E-state index in [0.717, 1.165) is 33.5 Å². The first kappa shape index (κ1) is 13.8. The zero-order valence-corrected chi connectivity index (χ0v) is 14.0. The minimum atomic E-state index is -0.311. The normalized spacial score (nSPS) is 26.9. The van der Waals surface area contributed by atoms with Crippen LogP contribution in [-0.4, -0.2) is 28.6 Å². The molecule has 1 amide bonds. The Hall–Kier alpha value is -1.57. The number of rotatable bonds is 2. The fraction of sp³-hybridized carbons (Fsp3) is 0.438. The molecule has 118 valence electrons. The minimum absolute atomic E-state index is 0.0482. The van der Waals surface area contributed by atoms with Crippen LogP contribution in [0.4, 0.5) is 5.13 Å². The van der Waals surface area contributed by atoms with E-state index in [4.69, 9.17) is 4.74 Å². The van der Waals surface area contributed by atoms with Crippen LogP contribution in [0.2, 0.25) is 0 Å². The number of aromatic nitrogens is 2. The molecule has 1 aliphatic heterocycles. The molecule has 1 saturated carbocycles. The number of amides is 1. The Morgan fingerprint density at radius 2 is 2.30 bits per heavy atom. The number of carbonyl (C=O) groups is 1. The summed E-state index contributed by atoms with van der Waals surface area (Å²) in [4.78, 5) is 21.5. The van der Waals surface area contributed by atoms with Gasteiger partial charge in [0.1, 0.15) is 11.6 Å². The van der Waals surface area contributed by atoms with E-state index >= 15 is 0 Å². The molecule has 0 radical (unpaired) electrons. The maximum atomic E-state index is 12.6.